The highest BCUT2D eigenvalue weighted by Gasteiger charge is 2.13. The molecule has 5 heteroatoms. The smallest absolute Gasteiger partial charge is 0.537 e. The van der Waals surface area contributed by atoms with Crippen LogP contribution in [0.2, 0.25) is 0 Å². The molecule has 0 heterocycles. The van der Waals surface area contributed by atoms with Gasteiger partial charge in [0.1, 0.15) is 18.1 Å². The Balaban J connectivity index is 2.01. The summed E-state index contributed by atoms with van der Waals surface area (Å²) in [5.41, 5.74) is 5.86. The van der Waals surface area contributed by atoms with Gasteiger partial charge in [0.2, 0.25) is 0 Å². The quantitative estimate of drug-likeness (QED) is 0.379. The van der Waals surface area contributed by atoms with Gasteiger partial charge in [0.15, 0.2) is 0 Å². The predicted molar refractivity (Wildman–Crippen MR) is 128 cm³/mol. The Labute approximate surface area is 186 Å². The number of benzene rings is 3. The van der Waals surface area contributed by atoms with Gasteiger partial charge in [-0.3, -0.25) is 0 Å². The van der Waals surface area contributed by atoms with E-state index in [1.807, 2.05) is 56.6 Å². The van der Waals surface area contributed by atoms with Gasteiger partial charge in [0, 0.05) is 6.54 Å². The molecule has 4 nitrogen and oxygen atoms in total. The minimum atomic E-state index is 0.591. The van der Waals surface area contributed by atoms with E-state index >= 15 is 0 Å². The van der Waals surface area contributed by atoms with E-state index in [0.29, 0.717) is 20.0 Å². The van der Waals surface area contributed by atoms with Crippen molar-refractivity contribution < 1.29 is 14.4 Å². The Morgan fingerprint density at radius 1 is 0.806 bits per heavy atom. The van der Waals surface area contributed by atoms with Gasteiger partial charge in [-0.25, -0.2) is 0 Å². The number of nitrogens with zero attached hydrogens (tertiary/aromatic N) is 1. The average Bonchev–Trinajstić information content (AvgIpc) is 2.79. The summed E-state index contributed by atoms with van der Waals surface area (Å²) in [6.07, 6.45) is 0.892. The van der Waals surface area contributed by atoms with Crippen LogP contribution < -0.4 is 9.39 Å². The van der Waals surface area contributed by atoms with E-state index < -0.39 is 0 Å². The largest absolute Gasteiger partial charge is 0.569 e. The molecule has 0 aliphatic carbocycles. The van der Waals surface area contributed by atoms with Gasteiger partial charge in [0.25, 0.3) is 0 Å². The van der Waals surface area contributed by atoms with Gasteiger partial charge in [-0.15, -0.1) is 0 Å². The predicted octanol–water partition coefficient (Wildman–Crippen LogP) is 4.90. The second kappa shape index (κ2) is 11.4. The fourth-order valence-corrected chi connectivity index (χ4v) is 3.50. The van der Waals surface area contributed by atoms with Crippen molar-refractivity contribution in [3.8, 4) is 11.5 Å². The van der Waals surface area contributed by atoms with Crippen molar-refractivity contribution in [3.63, 3.8) is 0 Å². The molecule has 1 radical (unpaired) electrons. The molecular weight excluding hydrogens is 385 g/mol. The lowest BCUT2D eigenvalue weighted by Gasteiger charge is -2.17. The zero-order chi connectivity index (χ0) is 22.1. The minimum absolute atomic E-state index is 0.591. The van der Waals surface area contributed by atoms with Gasteiger partial charge in [-0.1, -0.05) is 61.5 Å². The highest BCUT2D eigenvalue weighted by molar-refractivity contribution is 6.17. The third-order valence-electron chi connectivity index (χ3n) is 5.06. The Hall–Kier alpha value is -3.02. The maximum absolute atomic E-state index is 8.90. The number of likely N-dealkylation sites (N-methyl/N-ethyl adjacent to an activating group) is 1. The second-order valence-electron chi connectivity index (χ2n) is 7.50. The van der Waals surface area contributed by atoms with Crippen LogP contribution in [0.15, 0.2) is 78.9 Å². The molecule has 0 atom stereocenters. The molecular formula is C26H29BNO3. The monoisotopic (exact) mass is 414 g/mol. The van der Waals surface area contributed by atoms with Crippen LogP contribution in [0.1, 0.15) is 30.0 Å². The lowest BCUT2D eigenvalue weighted by atomic mass is 9.88. The van der Waals surface area contributed by atoms with E-state index in [-0.39, 0.29) is 0 Å². The third kappa shape index (κ3) is 6.23. The van der Waals surface area contributed by atoms with Crippen molar-refractivity contribution >= 4 is 18.8 Å². The lowest BCUT2D eigenvalue weighted by Crippen LogP contribution is -2.19. The first-order valence-corrected chi connectivity index (χ1v) is 10.5. The van der Waals surface area contributed by atoms with Gasteiger partial charge in [0.05, 0.1) is 0 Å². The standard InChI is InChI=1S/C26H29BNO3/c1-4-25(20-8-6-5-7-9-20)26(22-12-16-24(17-13-22)31-27-29)21-10-14-23(15-11-21)30-19-18-28(2)3/h5-17,29H,4,18-19H2,1-3H3. The van der Waals surface area contributed by atoms with E-state index in [4.69, 9.17) is 14.4 Å². The van der Waals surface area contributed by atoms with Crippen LogP contribution in [0.5, 0.6) is 11.5 Å². The van der Waals surface area contributed by atoms with Crippen LogP contribution in [0, 0.1) is 0 Å². The zero-order valence-electron chi connectivity index (χ0n) is 18.4. The molecule has 0 fully saturated rings. The fraction of sp³-hybridized carbons (Fsp3) is 0.231. The molecule has 0 amide bonds. The van der Waals surface area contributed by atoms with Crippen molar-refractivity contribution in [2.24, 2.45) is 0 Å². The van der Waals surface area contributed by atoms with E-state index in [2.05, 4.69) is 48.2 Å². The summed E-state index contributed by atoms with van der Waals surface area (Å²) in [4.78, 5) is 2.10. The van der Waals surface area contributed by atoms with Crippen molar-refractivity contribution in [1.29, 1.82) is 0 Å². The molecule has 0 aliphatic heterocycles. The van der Waals surface area contributed by atoms with E-state index in [1.165, 1.54) is 16.7 Å². The maximum Gasteiger partial charge on any atom is 0.569 e. The number of rotatable bonds is 10. The highest BCUT2D eigenvalue weighted by Crippen LogP contribution is 2.35. The molecule has 1 N–H and O–H groups in total. The molecule has 31 heavy (non-hydrogen) atoms. The fourth-order valence-electron chi connectivity index (χ4n) is 3.50. The molecule has 0 unspecified atom stereocenters. The molecule has 159 valence electrons. The highest BCUT2D eigenvalue weighted by atomic mass is 16.5. The van der Waals surface area contributed by atoms with Crippen molar-refractivity contribution in [1.82, 2.24) is 4.90 Å². The molecule has 3 rings (SSSR count). The van der Waals surface area contributed by atoms with E-state index in [1.54, 1.807) is 0 Å². The Morgan fingerprint density at radius 2 is 1.39 bits per heavy atom. The third-order valence-corrected chi connectivity index (χ3v) is 5.06. The van der Waals surface area contributed by atoms with Gasteiger partial charge in [-0.05, 0) is 72.6 Å². The first-order valence-electron chi connectivity index (χ1n) is 10.5. The van der Waals surface area contributed by atoms with Crippen LogP contribution in [-0.4, -0.2) is 44.9 Å². The average molecular weight is 414 g/mol. The summed E-state index contributed by atoms with van der Waals surface area (Å²) in [5.74, 6) is 1.46. The first kappa shape index (κ1) is 22.7. The van der Waals surface area contributed by atoms with Crippen LogP contribution in [-0.2, 0) is 0 Å². The van der Waals surface area contributed by atoms with Gasteiger partial charge < -0.3 is 19.3 Å². The zero-order valence-corrected chi connectivity index (χ0v) is 18.4. The van der Waals surface area contributed by atoms with Crippen molar-refractivity contribution in [2.45, 2.75) is 13.3 Å². The molecule has 0 spiro atoms. The number of hydrogen-bond acceptors (Lipinski definition) is 4. The summed E-state index contributed by atoms with van der Waals surface area (Å²) in [6, 6.07) is 26.5. The molecule has 0 aliphatic rings. The topological polar surface area (TPSA) is 41.9 Å². The Kier molecular flexibility index (Phi) is 8.33. The summed E-state index contributed by atoms with van der Waals surface area (Å²) in [5, 5.41) is 8.90. The molecule has 0 bridgehead atoms. The SMILES string of the molecule is CCC(=C(c1ccc(O[B]O)cc1)c1ccc(OCCN(C)C)cc1)c1ccccc1. The number of ether oxygens (including phenoxy) is 1. The summed E-state index contributed by atoms with van der Waals surface area (Å²) in [6.45, 7) is 3.71. The number of allylic oxidation sites excluding steroid dienone is 1. The Bertz CT molecular complexity index is 968. The maximum atomic E-state index is 8.90. The molecule has 3 aromatic carbocycles. The molecule has 0 saturated carbocycles. The summed E-state index contributed by atoms with van der Waals surface area (Å²) >= 11 is 0. The molecule has 3 aromatic rings. The second-order valence-corrected chi connectivity index (χ2v) is 7.50. The van der Waals surface area contributed by atoms with Crippen LogP contribution in [0.3, 0.4) is 0 Å². The normalized spacial score (nSPS) is 11.8. The Morgan fingerprint density at radius 3 is 1.90 bits per heavy atom. The van der Waals surface area contributed by atoms with Crippen LogP contribution in [0.25, 0.3) is 11.1 Å². The lowest BCUT2D eigenvalue weighted by molar-refractivity contribution is 0.261. The van der Waals surface area contributed by atoms with Gasteiger partial charge >= 0.3 is 7.69 Å². The minimum Gasteiger partial charge on any atom is -0.537 e. The number of hydrogen-bond donors (Lipinski definition) is 1. The van der Waals surface area contributed by atoms with Crippen molar-refractivity contribution in [2.75, 3.05) is 27.2 Å². The van der Waals surface area contributed by atoms with Crippen LogP contribution >= 0.6 is 0 Å². The molecule has 0 saturated heterocycles. The van der Waals surface area contributed by atoms with E-state index in [9.17, 15) is 0 Å². The van der Waals surface area contributed by atoms with Crippen LogP contribution in [0.4, 0.5) is 0 Å². The van der Waals surface area contributed by atoms with Crippen molar-refractivity contribution in [3.05, 3.63) is 95.6 Å². The molecule has 0 aromatic heterocycles. The van der Waals surface area contributed by atoms with Gasteiger partial charge in [-0.2, -0.15) is 0 Å². The summed E-state index contributed by atoms with van der Waals surface area (Å²) < 4.78 is 11.0. The first-order chi connectivity index (χ1) is 15.1. The van der Waals surface area contributed by atoms with E-state index in [0.717, 1.165) is 29.8 Å². The summed E-state index contributed by atoms with van der Waals surface area (Å²) in [7, 11) is 4.77.